The molecule has 0 saturated heterocycles. The van der Waals surface area contributed by atoms with Crippen molar-refractivity contribution in [2.24, 2.45) is 0 Å². The Balaban J connectivity index is 1.54. The summed E-state index contributed by atoms with van der Waals surface area (Å²) in [6.45, 7) is 3.59. The number of amides is 2. The van der Waals surface area contributed by atoms with Crippen LogP contribution in [-0.2, 0) is 14.3 Å². The van der Waals surface area contributed by atoms with Gasteiger partial charge < -0.3 is 50.3 Å². The van der Waals surface area contributed by atoms with E-state index in [1.807, 2.05) is 48.5 Å². The summed E-state index contributed by atoms with van der Waals surface area (Å²) < 4.78 is 10.8. The molecule has 248 valence electrons. The van der Waals surface area contributed by atoms with E-state index in [2.05, 4.69) is 5.32 Å². The predicted molar refractivity (Wildman–Crippen MR) is 162 cm³/mol. The van der Waals surface area contributed by atoms with Crippen LogP contribution in [0, 0.1) is 0 Å². The average molecular weight is 633 g/mol. The van der Waals surface area contributed by atoms with Crippen LogP contribution in [0.1, 0.15) is 57.1 Å². The minimum absolute atomic E-state index is 0.00821. The lowest BCUT2D eigenvalue weighted by Crippen LogP contribution is -2.51. The van der Waals surface area contributed by atoms with Crippen LogP contribution in [-0.4, -0.2) is 116 Å². The van der Waals surface area contributed by atoms with Gasteiger partial charge in [-0.2, -0.15) is 0 Å². The van der Waals surface area contributed by atoms with Gasteiger partial charge in [0.15, 0.2) is 0 Å². The summed E-state index contributed by atoms with van der Waals surface area (Å²) in [7, 11) is 0. The number of ether oxygens (including phenoxy) is 2. The summed E-state index contributed by atoms with van der Waals surface area (Å²) >= 11 is 0. The Kier molecular flexibility index (Phi) is 12.7. The van der Waals surface area contributed by atoms with Gasteiger partial charge in [-0.3, -0.25) is 0 Å². The number of aliphatic hydroxyl groups is 5. The molecule has 0 aliphatic heterocycles. The molecule has 0 heterocycles. The summed E-state index contributed by atoms with van der Waals surface area (Å²) in [6.07, 6.45) is -8.37. The molecule has 0 aromatic heterocycles. The molecule has 1 aliphatic rings. The molecule has 3 rings (SSSR count). The summed E-state index contributed by atoms with van der Waals surface area (Å²) in [4.78, 5) is 38.4. The van der Waals surface area contributed by atoms with E-state index in [4.69, 9.17) is 14.6 Å². The zero-order valence-corrected chi connectivity index (χ0v) is 25.7. The van der Waals surface area contributed by atoms with Gasteiger partial charge in [0.2, 0.25) is 0 Å². The number of benzene rings is 2. The highest BCUT2D eigenvalue weighted by Gasteiger charge is 2.34. The molecule has 0 unspecified atom stereocenters. The Morgan fingerprint density at radius 2 is 1.44 bits per heavy atom. The number of alkyl carbamates (subject to hydrolysis) is 1. The number of fused-ring (bicyclic) bond motifs is 3. The number of carboxylic acids is 1. The first-order valence-corrected chi connectivity index (χ1v) is 14.9. The lowest BCUT2D eigenvalue weighted by molar-refractivity contribution is -0.139. The van der Waals surface area contributed by atoms with Gasteiger partial charge in [0.05, 0.1) is 13.2 Å². The minimum Gasteiger partial charge on any atom is -0.480 e. The number of nitrogens with zero attached hydrogens (tertiary/aromatic N) is 1. The number of nitrogens with one attached hydrogen (secondary N) is 1. The SMILES string of the molecule is CC(C)(C)OC(=O)N(CCCC[C@H](NC(=O)OCC1c2ccccc2-c2ccccc21)C(=O)O)C[C@H](O)[C@H](O)[C@@H](O)[C@@H](O)CO. The van der Waals surface area contributed by atoms with Gasteiger partial charge in [-0.05, 0) is 62.3 Å². The third kappa shape index (κ3) is 9.87. The molecule has 0 spiro atoms. The molecule has 45 heavy (non-hydrogen) atoms. The highest BCUT2D eigenvalue weighted by atomic mass is 16.6. The first-order chi connectivity index (χ1) is 21.2. The highest BCUT2D eigenvalue weighted by Crippen LogP contribution is 2.44. The fourth-order valence-corrected chi connectivity index (χ4v) is 5.17. The van der Waals surface area contributed by atoms with Gasteiger partial charge in [0.1, 0.15) is 42.7 Å². The van der Waals surface area contributed by atoms with E-state index >= 15 is 0 Å². The number of carbonyl (C=O) groups excluding carboxylic acids is 2. The third-order valence-corrected chi connectivity index (χ3v) is 7.49. The van der Waals surface area contributed by atoms with Gasteiger partial charge in [0.25, 0.3) is 0 Å². The molecule has 0 bridgehead atoms. The number of hydrogen-bond donors (Lipinski definition) is 7. The number of aliphatic carboxylic acids is 1. The number of aliphatic hydroxyl groups excluding tert-OH is 5. The van der Waals surface area contributed by atoms with Gasteiger partial charge >= 0.3 is 18.2 Å². The van der Waals surface area contributed by atoms with Gasteiger partial charge in [-0.1, -0.05) is 48.5 Å². The number of carboxylic acid groups (broad SMARTS) is 1. The van der Waals surface area contributed by atoms with Crippen LogP contribution >= 0.6 is 0 Å². The monoisotopic (exact) mass is 632 g/mol. The second kappa shape index (κ2) is 16.0. The van der Waals surface area contributed by atoms with E-state index in [9.17, 15) is 39.9 Å². The average Bonchev–Trinajstić information content (AvgIpc) is 3.32. The Labute approximate surface area is 262 Å². The van der Waals surface area contributed by atoms with Gasteiger partial charge in [-0.25, -0.2) is 14.4 Å². The number of carbonyl (C=O) groups is 3. The summed E-state index contributed by atoms with van der Waals surface area (Å²) in [5, 5.41) is 61.2. The van der Waals surface area contributed by atoms with Crippen molar-refractivity contribution in [3.63, 3.8) is 0 Å². The van der Waals surface area contributed by atoms with Crippen LogP contribution in [0.4, 0.5) is 9.59 Å². The molecule has 7 N–H and O–H groups in total. The van der Waals surface area contributed by atoms with Crippen LogP contribution < -0.4 is 5.32 Å². The molecule has 2 amide bonds. The lowest BCUT2D eigenvalue weighted by Gasteiger charge is -2.32. The maximum Gasteiger partial charge on any atom is 0.410 e. The van der Waals surface area contributed by atoms with Crippen LogP contribution in [0.3, 0.4) is 0 Å². The third-order valence-electron chi connectivity index (χ3n) is 7.49. The van der Waals surface area contributed by atoms with Crippen molar-refractivity contribution in [3.05, 3.63) is 59.7 Å². The van der Waals surface area contributed by atoms with Crippen molar-refractivity contribution < 1.29 is 54.5 Å². The minimum atomic E-state index is -1.88. The number of rotatable bonds is 15. The second-order valence-corrected chi connectivity index (χ2v) is 12.1. The predicted octanol–water partition coefficient (Wildman–Crippen LogP) is 1.82. The fourth-order valence-electron chi connectivity index (χ4n) is 5.17. The quantitative estimate of drug-likeness (QED) is 0.141. The molecule has 0 radical (unpaired) electrons. The molecule has 1 aliphatic carbocycles. The van der Waals surface area contributed by atoms with E-state index < -0.39 is 67.4 Å². The first kappa shape index (κ1) is 35.7. The summed E-state index contributed by atoms with van der Waals surface area (Å²) in [6, 6.07) is 14.4. The summed E-state index contributed by atoms with van der Waals surface area (Å²) in [5.74, 6) is -1.45. The largest absolute Gasteiger partial charge is 0.480 e. The molecule has 5 atom stereocenters. The maximum absolute atomic E-state index is 12.8. The van der Waals surface area contributed by atoms with Crippen LogP contribution in [0.5, 0.6) is 0 Å². The lowest BCUT2D eigenvalue weighted by atomic mass is 9.98. The van der Waals surface area contributed by atoms with E-state index in [1.165, 1.54) is 0 Å². The van der Waals surface area contributed by atoms with Crippen molar-refractivity contribution in [1.82, 2.24) is 10.2 Å². The standard InChI is InChI=1S/C32H44N2O11/c1-32(2,3)45-31(43)34(16-25(36)27(38)28(39)26(37)17-35)15-9-8-14-24(29(40)41)33-30(42)44-18-23-21-12-6-4-10-19(21)20-11-5-7-13-22(20)23/h4-7,10-13,23-28,35-39H,8-9,14-18H2,1-3H3,(H,33,42)(H,40,41)/t24-,25-,26-,27-,28-/m0/s1. The van der Waals surface area contributed by atoms with Crippen molar-refractivity contribution in [3.8, 4) is 11.1 Å². The fraction of sp³-hybridized carbons (Fsp3) is 0.531. The van der Waals surface area contributed by atoms with E-state index in [0.29, 0.717) is 0 Å². The number of unbranched alkanes of at least 4 members (excludes halogenated alkanes) is 1. The second-order valence-electron chi connectivity index (χ2n) is 12.1. The van der Waals surface area contributed by atoms with Crippen LogP contribution in [0.2, 0.25) is 0 Å². The molecule has 13 heteroatoms. The molecule has 0 fully saturated rings. The van der Waals surface area contributed by atoms with Crippen molar-refractivity contribution >= 4 is 18.2 Å². The van der Waals surface area contributed by atoms with Crippen LogP contribution in [0.15, 0.2) is 48.5 Å². The molecular weight excluding hydrogens is 588 g/mol. The summed E-state index contributed by atoms with van der Waals surface area (Å²) in [5.41, 5.74) is 3.28. The zero-order valence-electron chi connectivity index (χ0n) is 25.7. The van der Waals surface area contributed by atoms with E-state index in [1.54, 1.807) is 20.8 Å². The first-order valence-electron chi connectivity index (χ1n) is 14.9. The van der Waals surface area contributed by atoms with E-state index in [-0.39, 0.29) is 38.3 Å². The highest BCUT2D eigenvalue weighted by molar-refractivity contribution is 5.81. The Bertz CT molecular complexity index is 1250. The van der Waals surface area contributed by atoms with Gasteiger partial charge in [0, 0.05) is 12.5 Å². The number of hydrogen-bond acceptors (Lipinski definition) is 10. The molecule has 0 saturated carbocycles. The molecule has 2 aromatic rings. The van der Waals surface area contributed by atoms with Crippen molar-refractivity contribution in [2.45, 2.75) is 82.0 Å². The smallest absolute Gasteiger partial charge is 0.410 e. The Hall–Kier alpha value is -3.75. The topological polar surface area (TPSA) is 206 Å². The zero-order chi connectivity index (χ0) is 33.3. The maximum atomic E-state index is 12.8. The normalized spacial score (nSPS) is 16.0. The molecular formula is C32H44N2O11. The van der Waals surface area contributed by atoms with Crippen molar-refractivity contribution in [1.29, 1.82) is 0 Å². The molecule has 13 nitrogen and oxygen atoms in total. The van der Waals surface area contributed by atoms with Crippen molar-refractivity contribution in [2.75, 3.05) is 26.3 Å². The van der Waals surface area contributed by atoms with Gasteiger partial charge in [-0.15, -0.1) is 0 Å². The molecule has 2 aromatic carbocycles. The van der Waals surface area contributed by atoms with E-state index in [0.717, 1.165) is 27.2 Å². The Morgan fingerprint density at radius 3 is 1.98 bits per heavy atom. The van der Waals surface area contributed by atoms with Crippen LogP contribution in [0.25, 0.3) is 11.1 Å². The Morgan fingerprint density at radius 1 is 0.889 bits per heavy atom.